The predicted molar refractivity (Wildman–Crippen MR) is 189 cm³/mol. The molecule has 0 bridgehead atoms. The zero-order chi connectivity index (χ0) is 30.5. The molecular formula is C42H26N4. The average Bonchev–Trinajstić information content (AvgIpc) is 3.14. The van der Waals surface area contributed by atoms with Crippen LogP contribution in [0.15, 0.2) is 158 Å². The Balaban J connectivity index is 1.20. The molecule has 0 aliphatic heterocycles. The summed E-state index contributed by atoms with van der Waals surface area (Å²) in [5, 5.41) is 7.49. The molecule has 0 radical (unpaired) electrons. The van der Waals surface area contributed by atoms with E-state index in [1.54, 1.807) is 6.20 Å². The van der Waals surface area contributed by atoms with Gasteiger partial charge in [-0.25, -0.2) is 9.97 Å². The lowest BCUT2D eigenvalue weighted by Gasteiger charge is -2.14. The Bertz CT molecular complexity index is 2320. The minimum absolute atomic E-state index is 0.701. The molecule has 0 N–H and O–H groups in total. The van der Waals surface area contributed by atoms with Gasteiger partial charge in [0.15, 0.2) is 5.82 Å². The molecule has 0 fully saturated rings. The van der Waals surface area contributed by atoms with Gasteiger partial charge in [0.1, 0.15) is 0 Å². The molecule has 0 aliphatic rings. The number of benzene rings is 6. The molecule has 3 heterocycles. The van der Waals surface area contributed by atoms with Crippen molar-refractivity contribution in [2.75, 3.05) is 0 Å². The van der Waals surface area contributed by atoms with Crippen LogP contribution in [0.25, 0.3) is 88.5 Å². The summed E-state index contributed by atoms with van der Waals surface area (Å²) in [5.74, 6) is 0.701. The normalized spacial score (nSPS) is 11.5. The van der Waals surface area contributed by atoms with E-state index in [0.717, 1.165) is 50.3 Å². The zero-order valence-corrected chi connectivity index (χ0v) is 24.8. The first-order chi connectivity index (χ1) is 22.8. The molecule has 0 atom stereocenters. The number of aromatic nitrogens is 4. The van der Waals surface area contributed by atoms with Gasteiger partial charge in [0.05, 0.1) is 11.4 Å². The smallest absolute Gasteiger partial charge is 0.160 e. The minimum Gasteiger partial charge on any atom is -0.265 e. The first-order valence-corrected chi connectivity index (χ1v) is 15.4. The van der Waals surface area contributed by atoms with Crippen molar-refractivity contribution < 1.29 is 0 Å². The molecule has 0 unspecified atom stereocenters. The summed E-state index contributed by atoms with van der Waals surface area (Å²) in [6.45, 7) is 0. The van der Waals surface area contributed by atoms with E-state index < -0.39 is 0 Å². The third kappa shape index (κ3) is 4.56. The summed E-state index contributed by atoms with van der Waals surface area (Å²) >= 11 is 0. The van der Waals surface area contributed by atoms with Crippen LogP contribution in [0.4, 0.5) is 0 Å². The summed E-state index contributed by atoms with van der Waals surface area (Å²) in [5.41, 5.74) is 9.28. The second kappa shape index (κ2) is 10.7. The first kappa shape index (κ1) is 26.2. The molecule has 6 aromatic carbocycles. The molecule has 0 aliphatic carbocycles. The third-order valence-electron chi connectivity index (χ3n) is 8.82. The van der Waals surface area contributed by atoms with Crippen LogP contribution in [0, 0.1) is 0 Å². The van der Waals surface area contributed by atoms with E-state index in [1.165, 1.54) is 32.3 Å². The van der Waals surface area contributed by atoms with Crippen LogP contribution in [0.5, 0.6) is 0 Å². The molecule has 214 valence electrons. The topological polar surface area (TPSA) is 51.6 Å². The summed E-state index contributed by atoms with van der Waals surface area (Å²) in [6, 6.07) is 47.1. The molecule has 0 spiro atoms. The number of hydrogen-bond acceptors (Lipinski definition) is 4. The van der Waals surface area contributed by atoms with Gasteiger partial charge < -0.3 is 0 Å². The van der Waals surface area contributed by atoms with Crippen LogP contribution >= 0.6 is 0 Å². The van der Waals surface area contributed by atoms with E-state index in [-0.39, 0.29) is 0 Å². The number of rotatable bonds is 5. The monoisotopic (exact) mass is 586 g/mol. The van der Waals surface area contributed by atoms with Gasteiger partial charge in [-0.15, -0.1) is 0 Å². The minimum atomic E-state index is 0.701. The molecule has 0 saturated heterocycles. The number of pyridine rings is 2. The average molecular weight is 587 g/mol. The second-order valence-corrected chi connectivity index (χ2v) is 11.6. The van der Waals surface area contributed by atoms with Crippen LogP contribution in [-0.4, -0.2) is 19.9 Å². The molecule has 0 amide bonds. The Hall–Kier alpha value is -6.26. The van der Waals surface area contributed by atoms with Gasteiger partial charge >= 0.3 is 0 Å². The summed E-state index contributed by atoms with van der Waals surface area (Å²) in [7, 11) is 0. The van der Waals surface area contributed by atoms with E-state index in [4.69, 9.17) is 9.97 Å². The number of hydrogen-bond donors (Lipinski definition) is 0. The van der Waals surface area contributed by atoms with Crippen molar-refractivity contribution in [3.8, 4) is 56.2 Å². The lowest BCUT2D eigenvalue weighted by Crippen LogP contribution is -1.96. The highest BCUT2D eigenvalue weighted by molar-refractivity contribution is 6.23. The van der Waals surface area contributed by atoms with Gasteiger partial charge in [-0.1, -0.05) is 97.1 Å². The Morgan fingerprint density at radius 1 is 0.326 bits per heavy atom. The van der Waals surface area contributed by atoms with Gasteiger partial charge in [0.25, 0.3) is 0 Å². The van der Waals surface area contributed by atoms with Crippen molar-refractivity contribution in [3.63, 3.8) is 0 Å². The second-order valence-electron chi connectivity index (χ2n) is 11.6. The summed E-state index contributed by atoms with van der Waals surface area (Å²) in [6.07, 6.45) is 7.32. The van der Waals surface area contributed by atoms with E-state index in [2.05, 4.69) is 125 Å². The predicted octanol–water partition coefficient (Wildman–Crippen LogP) is 10.5. The Morgan fingerprint density at radius 3 is 1.43 bits per heavy atom. The molecule has 4 heteroatoms. The lowest BCUT2D eigenvalue weighted by molar-refractivity contribution is 1.18. The van der Waals surface area contributed by atoms with Gasteiger partial charge in [-0.3, -0.25) is 9.97 Å². The SMILES string of the molecule is c1cncc(-c2ccc(-c3cc(-c4ccc(-c5ccncc5)cc4)nc(-c4cc5ccc6cccc7ccc(c4)c5c67)n3)cc2)c1. The first-order valence-electron chi connectivity index (χ1n) is 15.4. The molecule has 9 rings (SSSR count). The Morgan fingerprint density at radius 2 is 0.848 bits per heavy atom. The lowest BCUT2D eigenvalue weighted by atomic mass is 9.92. The van der Waals surface area contributed by atoms with E-state index >= 15 is 0 Å². The molecule has 0 saturated carbocycles. The van der Waals surface area contributed by atoms with Crippen molar-refractivity contribution >= 4 is 32.3 Å². The van der Waals surface area contributed by atoms with Crippen LogP contribution in [0.2, 0.25) is 0 Å². The fourth-order valence-electron chi connectivity index (χ4n) is 6.50. The van der Waals surface area contributed by atoms with Crippen LogP contribution in [-0.2, 0) is 0 Å². The van der Waals surface area contributed by atoms with Crippen molar-refractivity contribution in [1.82, 2.24) is 19.9 Å². The maximum Gasteiger partial charge on any atom is 0.160 e. The van der Waals surface area contributed by atoms with Gasteiger partial charge in [-0.05, 0) is 91.0 Å². The van der Waals surface area contributed by atoms with Crippen LogP contribution in [0.1, 0.15) is 0 Å². The molecule has 3 aromatic heterocycles. The fraction of sp³-hybridized carbons (Fsp3) is 0. The highest BCUT2D eigenvalue weighted by Crippen LogP contribution is 2.38. The van der Waals surface area contributed by atoms with Crippen molar-refractivity contribution in [1.29, 1.82) is 0 Å². The third-order valence-corrected chi connectivity index (χ3v) is 8.82. The standard InChI is InChI=1S/C42H26N4/c1-3-32-14-16-34-23-37(24-35-17-15-33(4-1)40(32)41(34)35)42-45-38(30-10-6-27(7-11-30)29-18-21-43-22-19-29)25-39(46-42)31-12-8-28(9-13-31)36-5-2-20-44-26-36/h1-26H. The maximum atomic E-state index is 5.17. The highest BCUT2D eigenvalue weighted by Gasteiger charge is 2.15. The molecule has 9 aromatic rings. The van der Waals surface area contributed by atoms with E-state index in [1.807, 2.05) is 36.8 Å². The Labute approximate surface area is 266 Å². The quantitative estimate of drug-likeness (QED) is 0.188. The molecular weight excluding hydrogens is 560 g/mol. The van der Waals surface area contributed by atoms with E-state index in [0.29, 0.717) is 5.82 Å². The van der Waals surface area contributed by atoms with Gasteiger partial charge in [0.2, 0.25) is 0 Å². The zero-order valence-electron chi connectivity index (χ0n) is 24.8. The maximum absolute atomic E-state index is 5.17. The molecule has 46 heavy (non-hydrogen) atoms. The van der Waals surface area contributed by atoms with Gasteiger partial charge in [-0.2, -0.15) is 0 Å². The largest absolute Gasteiger partial charge is 0.265 e. The Kier molecular flexibility index (Phi) is 6.10. The number of nitrogens with zero attached hydrogens (tertiary/aromatic N) is 4. The van der Waals surface area contributed by atoms with Crippen molar-refractivity contribution in [2.45, 2.75) is 0 Å². The summed E-state index contributed by atoms with van der Waals surface area (Å²) < 4.78 is 0. The fourth-order valence-corrected chi connectivity index (χ4v) is 6.50. The van der Waals surface area contributed by atoms with Gasteiger partial charge in [0, 0.05) is 41.5 Å². The molecule has 4 nitrogen and oxygen atoms in total. The van der Waals surface area contributed by atoms with Crippen molar-refractivity contribution in [3.05, 3.63) is 158 Å². The van der Waals surface area contributed by atoms with Crippen molar-refractivity contribution in [2.24, 2.45) is 0 Å². The highest BCUT2D eigenvalue weighted by atomic mass is 14.9. The van der Waals surface area contributed by atoms with E-state index in [9.17, 15) is 0 Å². The van der Waals surface area contributed by atoms with Crippen LogP contribution < -0.4 is 0 Å². The summed E-state index contributed by atoms with van der Waals surface area (Å²) in [4.78, 5) is 18.8. The van der Waals surface area contributed by atoms with Crippen LogP contribution in [0.3, 0.4) is 0 Å².